The predicted octanol–water partition coefficient (Wildman–Crippen LogP) is 2.99. The lowest BCUT2D eigenvalue weighted by molar-refractivity contribution is -0.235. The van der Waals surface area contributed by atoms with E-state index in [4.69, 9.17) is 18.6 Å². The lowest BCUT2D eigenvalue weighted by atomic mass is 10.0. The first-order valence-electron chi connectivity index (χ1n) is 8.03. The fourth-order valence-corrected chi connectivity index (χ4v) is 3.45. The second kappa shape index (κ2) is 8.03. The number of carbonyl (C=O) groups excluding carboxylic acids is 2. The minimum Gasteiger partial charge on any atom is -0.456 e. The molecule has 0 aromatic rings. The van der Waals surface area contributed by atoms with E-state index in [1.807, 2.05) is 0 Å². The molecule has 8 heteroatoms. The summed E-state index contributed by atoms with van der Waals surface area (Å²) in [5.41, 5.74) is 0. The summed E-state index contributed by atoms with van der Waals surface area (Å²) in [6.07, 6.45) is -2.01. The van der Waals surface area contributed by atoms with E-state index in [-0.39, 0.29) is 5.04 Å². The Morgan fingerprint density at radius 2 is 1.83 bits per heavy atom. The van der Waals surface area contributed by atoms with Crippen LogP contribution in [0.5, 0.6) is 0 Å². The second-order valence-corrected chi connectivity index (χ2v) is 12.5. The molecule has 1 fully saturated rings. The van der Waals surface area contributed by atoms with Gasteiger partial charge in [-0.05, 0) is 25.1 Å². The molecule has 24 heavy (non-hydrogen) atoms. The van der Waals surface area contributed by atoms with E-state index in [1.54, 1.807) is 6.92 Å². The SMILES string of the molecule is CC(=O)O[C@H]1[C@H](C)O[C@H](O[Si](C)(C)C(C)(C)C)C[C@@H]1OC(=O)C=S. The maximum Gasteiger partial charge on any atom is 0.342 e. The molecule has 0 bridgehead atoms. The third kappa shape index (κ3) is 5.61. The van der Waals surface area contributed by atoms with Gasteiger partial charge in [0.2, 0.25) is 0 Å². The molecule has 0 spiro atoms. The quantitative estimate of drug-likeness (QED) is 0.415. The van der Waals surface area contributed by atoms with Gasteiger partial charge >= 0.3 is 11.9 Å². The Morgan fingerprint density at radius 1 is 1.25 bits per heavy atom. The molecule has 0 aliphatic carbocycles. The number of esters is 2. The van der Waals surface area contributed by atoms with Crippen molar-refractivity contribution in [2.45, 2.75) is 83.8 Å². The van der Waals surface area contributed by atoms with Crippen molar-refractivity contribution in [1.29, 1.82) is 0 Å². The van der Waals surface area contributed by atoms with Crippen molar-refractivity contribution in [3.8, 4) is 0 Å². The number of thiocarbonyl (C=S) groups is 1. The van der Waals surface area contributed by atoms with Crippen molar-refractivity contribution in [1.82, 2.24) is 0 Å². The third-order valence-corrected chi connectivity index (χ3v) is 9.18. The summed E-state index contributed by atoms with van der Waals surface area (Å²) in [5.74, 6) is -1.09. The predicted molar refractivity (Wildman–Crippen MR) is 96.3 cm³/mol. The van der Waals surface area contributed by atoms with Gasteiger partial charge in [-0.1, -0.05) is 33.0 Å². The molecular formula is C16H28O6SSi. The molecule has 1 rings (SSSR count). The second-order valence-electron chi connectivity index (χ2n) is 7.55. The van der Waals surface area contributed by atoms with E-state index in [2.05, 4.69) is 46.1 Å². The van der Waals surface area contributed by atoms with Crippen LogP contribution >= 0.6 is 12.2 Å². The summed E-state index contributed by atoms with van der Waals surface area (Å²) < 4.78 is 22.8. The van der Waals surface area contributed by atoms with Crippen LogP contribution in [0.15, 0.2) is 0 Å². The van der Waals surface area contributed by atoms with Crippen molar-refractivity contribution in [3.05, 3.63) is 0 Å². The smallest absolute Gasteiger partial charge is 0.342 e. The zero-order valence-electron chi connectivity index (χ0n) is 15.5. The van der Waals surface area contributed by atoms with Crippen molar-refractivity contribution in [3.63, 3.8) is 0 Å². The van der Waals surface area contributed by atoms with Gasteiger partial charge in [0, 0.05) is 13.3 Å². The standard InChI is InChI=1S/C16H28O6SSi/c1-10-15(20-11(2)17)12(21-13(18)9-23)8-14(19-10)22-24(6,7)16(3,4)5/h9-10,12,14-15H,8H2,1-7H3/t10-,12-,14+,15-/m0/s1. The highest BCUT2D eigenvalue weighted by Crippen LogP contribution is 2.39. The number of carbonyl (C=O) groups is 2. The molecule has 4 atom stereocenters. The van der Waals surface area contributed by atoms with Gasteiger partial charge in [-0.3, -0.25) is 4.79 Å². The zero-order chi connectivity index (χ0) is 18.7. The summed E-state index contributed by atoms with van der Waals surface area (Å²) >= 11 is 4.60. The first kappa shape index (κ1) is 21.2. The zero-order valence-corrected chi connectivity index (χ0v) is 17.3. The van der Waals surface area contributed by atoms with Crippen LogP contribution in [0.3, 0.4) is 0 Å². The van der Waals surface area contributed by atoms with E-state index in [0.29, 0.717) is 6.42 Å². The number of rotatable bonds is 5. The highest BCUT2D eigenvalue weighted by molar-refractivity contribution is 7.80. The Morgan fingerprint density at radius 3 is 2.29 bits per heavy atom. The minimum absolute atomic E-state index is 0.0207. The van der Waals surface area contributed by atoms with Gasteiger partial charge in [0.15, 0.2) is 20.7 Å². The van der Waals surface area contributed by atoms with E-state index in [1.165, 1.54) is 6.92 Å². The van der Waals surface area contributed by atoms with E-state index in [0.717, 1.165) is 5.37 Å². The van der Waals surface area contributed by atoms with Gasteiger partial charge in [-0.25, -0.2) is 4.79 Å². The molecule has 0 amide bonds. The summed E-state index contributed by atoms with van der Waals surface area (Å²) in [6, 6.07) is 0. The van der Waals surface area contributed by atoms with Crippen molar-refractivity contribution in [2.75, 3.05) is 0 Å². The molecule has 1 saturated heterocycles. The Kier molecular flexibility index (Phi) is 7.10. The normalized spacial score (nSPS) is 28.1. The number of ether oxygens (including phenoxy) is 3. The van der Waals surface area contributed by atoms with Crippen LogP contribution in [0.25, 0.3) is 0 Å². The third-order valence-electron chi connectivity index (χ3n) is 4.52. The van der Waals surface area contributed by atoms with Crippen molar-refractivity contribution in [2.24, 2.45) is 0 Å². The molecule has 1 heterocycles. The van der Waals surface area contributed by atoms with Gasteiger partial charge in [0.05, 0.1) is 11.5 Å². The molecule has 0 aromatic carbocycles. The molecule has 0 unspecified atom stereocenters. The lowest BCUT2D eigenvalue weighted by Gasteiger charge is -2.44. The van der Waals surface area contributed by atoms with Gasteiger partial charge < -0.3 is 18.6 Å². The molecule has 138 valence electrons. The summed E-state index contributed by atoms with van der Waals surface area (Å²) in [4.78, 5) is 22.9. The molecule has 0 saturated carbocycles. The summed E-state index contributed by atoms with van der Waals surface area (Å²) in [5, 5.41) is 0.946. The van der Waals surface area contributed by atoms with Crippen LogP contribution < -0.4 is 0 Å². The van der Waals surface area contributed by atoms with Crippen LogP contribution in [-0.4, -0.2) is 50.2 Å². The summed E-state index contributed by atoms with van der Waals surface area (Å²) in [6.45, 7) is 13.7. The molecule has 6 nitrogen and oxygen atoms in total. The van der Waals surface area contributed by atoms with E-state index < -0.39 is 44.9 Å². The Bertz CT molecular complexity index is 487. The van der Waals surface area contributed by atoms with Gasteiger partial charge in [-0.2, -0.15) is 0 Å². The first-order valence-corrected chi connectivity index (χ1v) is 11.4. The molecule has 1 aliphatic rings. The Hall–Kier alpha value is -0.833. The number of hydrogen-bond acceptors (Lipinski definition) is 7. The van der Waals surface area contributed by atoms with Crippen molar-refractivity contribution < 1.29 is 28.2 Å². The first-order chi connectivity index (χ1) is 10.9. The summed E-state index contributed by atoms with van der Waals surface area (Å²) in [7, 11) is -2.06. The fourth-order valence-electron chi connectivity index (χ4n) is 2.24. The van der Waals surface area contributed by atoms with Crippen LogP contribution in [0.4, 0.5) is 0 Å². The van der Waals surface area contributed by atoms with Crippen molar-refractivity contribution >= 4 is 37.8 Å². The van der Waals surface area contributed by atoms with Gasteiger partial charge in [-0.15, -0.1) is 0 Å². The molecule has 0 radical (unpaired) electrons. The van der Waals surface area contributed by atoms with Gasteiger partial charge in [0.1, 0.15) is 6.10 Å². The molecule has 0 N–H and O–H groups in total. The van der Waals surface area contributed by atoms with Crippen LogP contribution in [-0.2, 0) is 28.2 Å². The average molecular weight is 377 g/mol. The van der Waals surface area contributed by atoms with E-state index in [9.17, 15) is 9.59 Å². The fraction of sp³-hybridized carbons (Fsp3) is 0.812. The van der Waals surface area contributed by atoms with Crippen LogP contribution in [0, 0.1) is 0 Å². The maximum absolute atomic E-state index is 11.6. The highest BCUT2D eigenvalue weighted by Gasteiger charge is 2.46. The highest BCUT2D eigenvalue weighted by atomic mass is 32.1. The van der Waals surface area contributed by atoms with Crippen LogP contribution in [0.2, 0.25) is 18.1 Å². The Balaban J connectivity index is 2.92. The largest absolute Gasteiger partial charge is 0.456 e. The lowest BCUT2D eigenvalue weighted by Crippen LogP contribution is -2.54. The number of hydrogen-bond donors (Lipinski definition) is 0. The monoisotopic (exact) mass is 376 g/mol. The van der Waals surface area contributed by atoms with E-state index >= 15 is 0 Å². The van der Waals surface area contributed by atoms with Crippen LogP contribution in [0.1, 0.15) is 41.0 Å². The topological polar surface area (TPSA) is 71.1 Å². The molecule has 0 aromatic heterocycles. The Labute approximate surface area is 150 Å². The average Bonchev–Trinajstić information content (AvgIpc) is 2.40. The van der Waals surface area contributed by atoms with Gasteiger partial charge in [0.25, 0.3) is 0 Å². The molecule has 1 aliphatic heterocycles. The maximum atomic E-state index is 11.6. The minimum atomic E-state index is -2.06. The molecular weight excluding hydrogens is 348 g/mol.